The Morgan fingerprint density at radius 3 is 1.00 bits per heavy atom. The van der Waals surface area contributed by atoms with Crippen LogP contribution in [0.15, 0.2) is 194 Å². The van der Waals surface area contributed by atoms with Crippen LogP contribution in [0.25, 0.3) is 33.4 Å². The molecule has 1 heteroatoms. The molecule has 0 radical (unpaired) electrons. The van der Waals surface area contributed by atoms with Crippen LogP contribution in [0.4, 0.5) is 11.4 Å². The minimum absolute atomic E-state index is 0.370. The van der Waals surface area contributed by atoms with Crippen LogP contribution in [0.1, 0.15) is 44.5 Å². The van der Waals surface area contributed by atoms with Crippen LogP contribution in [-0.4, -0.2) is 7.05 Å². The Morgan fingerprint density at radius 2 is 0.596 bits per heavy atom. The van der Waals surface area contributed by atoms with Gasteiger partial charge in [-0.2, -0.15) is 0 Å². The molecule has 8 aromatic carbocycles. The number of hydrogen-bond acceptors (Lipinski definition) is 1. The van der Waals surface area contributed by atoms with Crippen LogP contribution >= 0.6 is 0 Å². The van der Waals surface area contributed by atoms with Gasteiger partial charge < -0.3 is 4.90 Å². The maximum Gasteiger partial charge on any atom is 0.0726 e. The van der Waals surface area contributed by atoms with Gasteiger partial charge in [0, 0.05) is 18.4 Å². The highest BCUT2D eigenvalue weighted by Crippen LogP contribution is 2.63. The van der Waals surface area contributed by atoms with Crippen LogP contribution in [-0.2, 0) is 10.8 Å². The van der Waals surface area contributed by atoms with Crippen LogP contribution in [0.2, 0.25) is 0 Å². The molecule has 0 saturated heterocycles. The zero-order valence-corrected chi connectivity index (χ0v) is 28.9. The van der Waals surface area contributed by atoms with Crippen molar-refractivity contribution in [1.82, 2.24) is 0 Å². The van der Waals surface area contributed by atoms with Gasteiger partial charge in [-0.15, -0.1) is 0 Å². The van der Waals surface area contributed by atoms with Crippen molar-refractivity contribution < 1.29 is 0 Å². The van der Waals surface area contributed by atoms with E-state index in [1.807, 2.05) is 0 Å². The molecule has 0 heterocycles. The van der Waals surface area contributed by atoms with Crippen molar-refractivity contribution in [2.24, 2.45) is 0 Å². The summed E-state index contributed by atoms with van der Waals surface area (Å²) >= 11 is 0. The van der Waals surface area contributed by atoms with E-state index < -0.39 is 5.41 Å². The molecule has 0 N–H and O–H groups in total. The van der Waals surface area contributed by atoms with Crippen molar-refractivity contribution in [2.75, 3.05) is 11.9 Å². The van der Waals surface area contributed by atoms with E-state index in [0.29, 0.717) is 0 Å². The molecule has 0 saturated carbocycles. The van der Waals surface area contributed by atoms with E-state index in [2.05, 4.69) is 206 Å². The number of anilines is 2. The van der Waals surface area contributed by atoms with Crippen molar-refractivity contribution in [3.8, 4) is 33.4 Å². The Morgan fingerprint density at radius 1 is 0.288 bits per heavy atom. The van der Waals surface area contributed by atoms with E-state index in [4.69, 9.17) is 0 Å². The number of benzene rings is 8. The lowest BCUT2D eigenvalue weighted by atomic mass is 9.67. The molecule has 0 fully saturated rings. The highest BCUT2D eigenvalue weighted by Gasteiger charge is 2.52. The van der Waals surface area contributed by atoms with E-state index in [1.165, 1.54) is 89.3 Å². The fraction of sp³-hybridized carbons (Fsp3) is 0.0588. The van der Waals surface area contributed by atoms with E-state index in [0.717, 1.165) is 0 Å². The van der Waals surface area contributed by atoms with E-state index in [-0.39, 0.29) is 5.41 Å². The van der Waals surface area contributed by atoms with Gasteiger partial charge in [0.2, 0.25) is 0 Å². The first-order valence-electron chi connectivity index (χ1n) is 18.3. The Hall–Kier alpha value is -6.44. The lowest BCUT2D eigenvalue weighted by Crippen LogP contribution is -2.28. The SMILES string of the molecule is CN(c1ccc2c(c1)C(c1ccccc1)(c1ccccc1)c1ccccc1-2)c1ccc2c(c1)C1(c3ccccc3-c3ccccc31)c1ccccc1-2. The summed E-state index contributed by atoms with van der Waals surface area (Å²) in [6.45, 7) is 0. The predicted octanol–water partition coefficient (Wildman–Crippen LogP) is 12.2. The summed E-state index contributed by atoms with van der Waals surface area (Å²) in [5, 5.41) is 0. The average molecular weight is 662 g/mol. The maximum atomic E-state index is 2.47. The Bertz CT molecular complexity index is 2500. The van der Waals surface area contributed by atoms with E-state index in [9.17, 15) is 0 Å². The summed E-state index contributed by atoms with van der Waals surface area (Å²) in [6.07, 6.45) is 0. The van der Waals surface area contributed by atoms with Gasteiger partial charge in [-0.25, -0.2) is 0 Å². The van der Waals surface area contributed by atoms with E-state index in [1.54, 1.807) is 0 Å². The van der Waals surface area contributed by atoms with Crippen LogP contribution < -0.4 is 4.90 Å². The smallest absolute Gasteiger partial charge is 0.0726 e. The molecule has 0 aliphatic heterocycles. The molecule has 0 atom stereocenters. The van der Waals surface area contributed by atoms with Gasteiger partial charge in [-0.1, -0.05) is 170 Å². The van der Waals surface area contributed by atoms with Gasteiger partial charge in [0.05, 0.1) is 10.8 Å². The van der Waals surface area contributed by atoms with Crippen molar-refractivity contribution in [2.45, 2.75) is 10.8 Å². The second-order valence-electron chi connectivity index (χ2n) is 14.4. The molecule has 0 amide bonds. The minimum atomic E-state index is -0.438. The molecule has 1 nitrogen and oxygen atoms in total. The van der Waals surface area contributed by atoms with Gasteiger partial charge >= 0.3 is 0 Å². The molecular weight excluding hydrogens is 627 g/mol. The van der Waals surface area contributed by atoms with Crippen molar-refractivity contribution in [1.29, 1.82) is 0 Å². The normalized spacial score (nSPS) is 14.6. The second-order valence-corrected chi connectivity index (χ2v) is 14.4. The molecule has 1 spiro atoms. The molecule has 3 aliphatic rings. The fourth-order valence-electron chi connectivity index (χ4n) is 10.1. The summed E-state index contributed by atoms with van der Waals surface area (Å²) in [5.74, 6) is 0. The number of hydrogen-bond donors (Lipinski definition) is 0. The predicted molar refractivity (Wildman–Crippen MR) is 215 cm³/mol. The lowest BCUT2D eigenvalue weighted by molar-refractivity contribution is 0.768. The zero-order chi connectivity index (χ0) is 34.4. The molecule has 0 bridgehead atoms. The number of nitrogens with zero attached hydrogens (tertiary/aromatic N) is 1. The first-order valence-corrected chi connectivity index (χ1v) is 18.3. The summed E-state index contributed by atoms with van der Waals surface area (Å²) in [4.78, 5) is 2.38. The quantitative estimate of drug-likeness (QED) is 0.181. The standard InChI is InChI=1S/C51H35N/c1-52(36-28-30-42-40-22-8-12-24-44(40)50(48(42)32-36,34-16-4-2-5-17-34)35-18-6-3-7-19-35)37-29-31-43-41-23-11-15-27-47(41)51(49(43)33-37)45-25-13-9-20-38(45)39-21-10-14-26-46(39)51/h2-33H,1H3. The van der Waals surface area contributed by atoms with Gasteiger partial charge in [-0.3, -0.25) is 0 Å². The summed E-state index contributed by atoms with van der Waals surface area (Å²) in [5.41, 5.74) is 20.1. The lowest BCUT2D eigenvalue weighted by Gasteiger charge is -2.34. The second kappa shape index (κ2) is 10.8. The monoisotopic (exact) mass is 661 g/mol. The first kappa shape index (κ1) is 29.3. The number of rotatable bonds is 4. The Kier molecular flexibility index (Phi) is 6.08. The molecule has 52 heavy (non-hydrogen) atoms. The molecule has 8 aromatic rings. The van der Waals surface area contributed by atoms with Crippen LogP contribution in [0, 0.1) is 0 Å². The van der Waals surface area contributed by atoms with Crippen molar-refractivity contribution >= 4 is 11.4 Å². The molecular formula is C51H35N. The third-order valence-corrected chi connectivity index (χ3v) is 12.2. The summed E-state index contributed by atoms with van der Waals surface area (Å²) in [6, 6.07) is 72.5. The van der Waals surface area contributed by atoms with Crippen molar-refractivity contribution in [3.05, 3.63) is 239 Å². The van der Waals surface area contributed by atoms with Gasteiger partial charge in [0.25, 0.3) is 0 Å². The average Bonchev–Trinajstić information content (AvgIpc) is 3.81. The topological polar surface area (TPSA) is 3.24 Å². The van der Waals surface area contributed by atoms with E-state index >= 15 is 0 Å². The zero-order valence-electron chi connectivity index (χ0n) is 28.9. The number of fused-ring (bicyclic) bond motifs is 13. The minimum Gasteiger partial charge on any atom is -0.345 e. The highest BCUT2D eigenvalue weighted by atomic mass is 15.1. The van der Waals surface area contributed by atoms with Gasteiger partial charge in [0.1, 0.15) is 0 Å². The molecule has 3 aliphatic carbocycles. The summed E-state index contributed by atoms with van der Waals surface area (Å²) in [7, 11) is 2.23. The Balaban J connectivity index is 1.12. The molecule has 0 aromatic heterocycles. The Labute approximate surface area is 305 Å². The molecule has 11 rings (SSSR count). The van der Waals surface area contributed by atoms with Crippen LogP contribution in [0.3, 0.4) is 0 Å². The summed E-state index contributed by atoms with van der Waals surface area (Å²) < 4.78 is 0. The molecule has 244 valence electrons. The highest BCUT2D eigenvalue weighted by molar-refractivity contribution is 5.96. The third kappa shape index (κ3) is 3.62. The molecule has 0 unspecified atom stereocenters. The van der Waals surface area contributed by atoms with Gasteiger partial charge in [-0.05, 0) is 102 Å². The fourth-order valence-corrected chi connectivity index (χ4v) is 10.1. The van der Waals surface area contributed by atoms with Gasteiger partial charge in [0.15, 0.2) is 0 Å². The third-order valence-electron chi connectivity index (χ3n) is 12.2. The maximum absolute atomic E-state index is 2.47. The largest absolute Gasteiger partial charge is 0.345 e. The van der Waals surface area contributed by atoms with Crippen LogP contribution in [0.5, 0.6) is 0 Å². The first-order chi connectivity index (χ1) is 25.7. The van der Waals surface area contributed by atoms with Crippen molar-refractivity contribution in [3.63, 3.8) is 0 Å².